The van der Waals surface area contributed by atoms with Gasteiger partial charge in [0, 0.05) is 27.0 Å². The molecule has 0 spiro atoms. The van der Waals surface area contributed by atoms with Gasteiger partial charge in [-0.2, -0.15) is 0 Å². The van der Waals surface area contributed by atoms with Crippen molar-refractivity contribution in [2.75, 3.05) is 9.80 Å². The van der Waals surface area contributed by atoms with Crippen LogP contribution >= 0.6 is 0 Å². The first kappa shape index (κ1) is 32.8. The smallest absolute Gasteiger partial charge is 0.0543 e. The minimum absolute atomic E-state index is 0.0986. The zero-order valence-electron chi connectivity index (χ0n) is 32.2. The number of hydrogen-bond donors (Lipinski definition) is 0. The number of fused-ring (bicyclic) bond motifs is 7. The van der Waals surface area contributed by atoms with Crippen LogP contribution in [0.3, 0.4) is 0 Å². The highest BCUT2D eigenvalue weighted by Crippen LogP contribution is 2.60. The normalized spacial score (nSPS) is 14.7. The lowest BCUT2D eigenvalue weighted by molar-refractivity contribution is 0.597. The molecule has 268 valence electrons. The number of anilines is 6. The highest BCUT2D eigenvalue weighted by molar-refractivity contribution is 6.12. The van der Waals surface area contributed by atoms with Gasteiger partial charge in [0.05, 0.1) is 34.1 Å². The van der Waals surface area contributed by atoms with Crippen LogP contribution in [-0.2, 0) is 10.8 Å². The van der Waals surface area contributed by atoms with Gasteiger partial charge in [-0.1, -0.05) is 173 Å². The Bertz CT molecular complexity index is 2970. The molecule has 9 aromatic rings. The summed E-state index contributed by atoms with van der Waals surface area (Å²) in [7, 11) is 0. The Labute approximate surface area is 328 Å². The summed E-state index contributed by atoms with van der Waals surface area (Å²) in [4.78, 5) is 5.03. The molecular weight excluding hydrogens is 677 g/mol. The molecule has 9 aromatic carbocycles. The third-order valence-electron chi connectivity index (χ3n) is 12.8. The van der Waals surface area contributed by atoms with E-state index in [-0.39, 0.29) is 10.8 Å². The maximum absolute atomic E-state index is 2.54. The van der Waals surface area contributed by atoms with E-state index < -0.39 is 0 Å². The Morgan fingerprint density at radius 3 is 1.54 bits per heavy atom. The van der Waals surface area contributed by atoms with Crippen molar-refractivity contribution < 1.29 is 0 Å². The quantitative estimate of drug-likeness (QED) is 0.179. The molecule has 2 heterocycles. The van der Waals surface area contributed by atoms with E-state index >= 15 is 0 Å². The zero-order valence-corrected chi connectivity index (χ0v) is 32.2. The minimum atomic E-state index is -0.204. The highest BCUT2D eigenvalue weighted by atomic mass is 15.2. The Kier molecular flexibility index (Phi) is 6.98. The molecule has 2 nitrogen and oxygen atoms in total. The predicted molar refractivity (Wildman–Crippen MR) is 238 cm³/mol. The lowest BCUT2D eigenvalue weighted by atomic mass is 9.66. The number of nitrogens with zero attached hydrogens (tertiary/aromatic N) is 2. The average Bonchev–Trinajstić information content (AvgIpc) is 3.24. The summed E-state index contributed by atoms with van der Waals surface area (Å²) in [5.41, 5.74) is 15.0. The van der Waals surface area contributed by atoms with Crippen molar-refractivity contribution in [1.82, 2.24) is 0 Å². The summed E-state index contributed by atoms with van der Waals surface area (Å²) in [6, 6.07) is 67.6. The van der Waals surface area contributed by atoms with Crippen LogP contribution in [0.15, 0.2) is 182 Å². The Balaban J connectivity index is 1.13. The van der Waals surface area contributed by atoms with Crippen molar-refractivity contribution in [2.24, 2.45) is 0 Å². The molecule has 0 N–H and O–H groups in total. The average molecular weight is 719 g/mol. The Hall–Kier alpha value is -6.64. The molecule has 0 fully saturated rings. The molecular formula is C54H42N2. The lowest BCUT2D eigenvalue weighted by Crippen LogP contribution is -2.38. The van der Waals surface area contributed by atoms with Crippen LogP contribution in [0.5, 0.6) is 0 Å². The SMILES string of the molecule is CC1(C)c2ccccc2N2c3ccc(-c4ccc(N(c5cccc6ccccc56)c5cccc6ccccc56)c5ccccc45)cc3C(C)(C)c3cccc1c32. The molecule has 2 aliphatic rings. The first-order valence-corrected chi connectivity index (χ1v) is 19.8. The summed E-state index contributed by atoms with van der Waals surface area (Å²) in [5.74, 6) is 0. The van der Waals surface area contributed by atoms with E-state index in [1.54, 1.807) is 0 Å². The second-order valence-electron chi connectivity index (χ2n) is 16.5. The van der Waals surface area contributed by atoms with E-state index in [2.05, 4.69) is 219 Å². The molecule has 56 heavy (non-hydrogen) atoms. The molecule has 0 saturated heterocycles. The minimum Gasteiger partial charge on any atom is -0.309 e. The standard InChI is InChI=1S/C54H42N2/c1-53(2)43-24-11-12-27-50(43)56-51-32-30-37(34-46(51)54(3,4)45-26-15-25-44(53)52(45)56)38-31-33-49(42-23-10-9-22-41(38)42)55(47-28-13-18-35-16-5-7-20-39(35)47)48-29-14-19-36-17-6-8-21-40(36)48/h5-34H,1-4H3. The summed E-state index contributed by atoms with van der Waals surface area (Å²) in [5, 5.41) is 7.34. The summed E-state index contributed by atoms with van der Waals surface area (Å²) in [6.45, 7) is 9.56. The number of para-hydroxylation sites is 2. The molecule has 0 saturated carbocycles. The van der Waals surface area contributed by atoms with Gasteiger partial charge in [0.25, 0.3) is 0 Å². The lowest BCUT2D eigenvalue weighted by Gasteiger charge is -2.49. The van der Waals surface area contributed by atoms with Gasteiger partial charge in [-0.25, -0.2) is 0 Å². The van der Waals surface area contributed by atoms with E-state index in [0.29, 0.717) is 0 Å². The van der Waals surface area contributed by atoms with Crippen molar-refractivity contribution in [3.63, 3.8) is 0 Å². The number of rotatable bonds is 4. The largest absolute Gasteiger partial charge is 0.309 e. The number of hydrogen-bond acceptors (Lipinski definition) is 2. The summed E-state index contributed by atoms with van der Waals surface area (Å²) >= 11 is 0. The molecule has 0 amide bonds. The van der Waals surface area contributed by atoms with Crippen molar-refractivity contribution >= 4 is 66.4 Å². The molecule has 2 heteroatoms. The molecule has 0 atom stereocenters. The van der Waals surface area contributed by atoms with Gasteiger partial charge in [0.15, 0.2) is 0 Å². The molecule has 0 aliphatic carbocycles. The van der Waals surface area contributed by atoms with E-state index in [1.807, 2.05) is 0 Å². The van der Waals surface area contributed by atoms with Crippen LogP contribution in [0.2, 0.25) is 0 Å². The van der Waals surface area contributed by atoms with E-state index in [1.165, 1.54) is 82.8 Å². The topological polar surface area (TPSA) is 6.48 Å². The second kappa shape index (κ2) is 11.9. The fourth-order valence-electron chi connectivity index (χ4n) is 9.98. The van der Waals surface area contributed by atoms with Crippen molar-refractivity contribution in [2.45, 2.75) is 38.5 Å². The number of benzene rings is 9. The third-order valence-corrected chi connectivity index (χ3v) is 12.8. The first-order valence-electron chi connectivity index (χ1n) is 19.8. The Morgan fingerprint density at radius 1 is 0.375 bits per heavy atom. The molecule has 0 unspecified atom stereocenters. The van der Waals surface area contributed by atoms with Crippen LogP contribution in [0, 0.1) is 0 Å². The molecule has 11 rings (SSSR count). The highest BCUT2D eigenvalue weighted by Gasteiger charge is 2.45. The van der Waals surface area contributed by atoms with Crippen LogP contribution in [0.1, 0.15) is 49.9 Å². The van der Waals surface area contributed by atoms with Crippen LogP contribution in [0.25, 0.3) is 43.4 Å². The molecule has 0 bridgehead atoms. The van der Waals surface area contributed by atoms with E-state index in [4.69, 9.17) is 0 Å². The van der Waals surface area contributed by atoms with E-state index in [0.717, 1.165) is 17.1 Å². The maximum atomic E-state index is 2.54. The zero-order chi connectivity index (χ0) is 37.8. The summed E-state index contributed by atoms with van der Waals surface area (Å²) in [6.07, 6.45) is 0. The third kappa shape index (κ3) is 4.56. The fraction of sp³-hybridized carbons (Fsp3) is 0.111. The second-order valence-corrected chi connectivity index (χ2v) is 16.5. The van der Waals surface area contributed by atoms with Gasteiger partial charge in [0.2, 0.25) is 0 Å². The van der Waals surface area contributed by atoms with Crippen molar-refractivity contribution in [3.8, 4) is 11.1 Å². The van der Waals surface area contributed by atoms with Crippen LogP contribution < -0.4 is 9.80 Å². The molecule has 0 aromatic heterocycles. The molecule has 0 radical (unpaired) electrons. The predicted octanol–water partition coefficient (Wildman–Crippen LogP) is 15.0. The van der Waals surface area contributed by atoms with Gasteiger partial charge in [-0.3, -0.25) is 0 Å². The van der Waals surface area contributed by atoms with Crippen molar-refractivity contribution in [3.05, 3.63) is 204 Å². The fourth-order valence-corrected chi connectivity index (χ4v) is 9.98. The monoisotopic (exact) mass is 718 g/mol. The Morgan fingerprint density at radius 2 is 0.857 bits per heavy atom. The first-order chi connectivity index (χ1) is 27.3. The van der Waals surface area contributed by atoms with Gasteiger partial charge in [0.1, 0.15) is 0 Å². The van der Waals surface area contributed by atoms with E-state index in [9.17, 15) is 0 Å². The van der Waals surface area contributed by atoms with Gasteiger partial charge >= 0.3 is 0 Å². The van der Waals surface area contributed by atoms with Crippen LogP contribution in [0.4, 0.5) is 34.1 Å². The summed E-state index contributed by atoms with van der Waals surface area (Å²) < 4.78 is 0. The van der Waals surface area contributed by atoms with Gasteiger partial charge in [-0.15, -0.1) is 0 Å². The van der Waals surface area contributed by atoms with Crippen LogP contribution in [-0.4, -0.2) is 0 Å². The van der Waals surface area contributed by atoms with Gasteiger partial charge in [-0.05, 0) is 85.9 Å². The molecule has 2 aliphatic heterocycles. The van der Waals surface area contributed by atoms with Crippen molar-refractivity contribution in [1.29, 1.82) is 0 Å². The van der Waals surface area contributed by atoms with Gasteiger partial charge < -0.3 is 9.80 Å². The maximum Gasteiger partial charge on any atom is 0.0543 e.